The molecule has 5 nitrogen and oxygen atoms in total. The smallest absolute Gasteiger partial charge is 0.253 e. The summed E-state index contributed by atoms with van der Waals surface area (Å²) in [5, 5.41) is 11.1. The first-order valence-electron chi connectivity index (χ1n) is 11.1. The molecule has 1 aromatic heterocycles. The Balaban J connectivity index is 1.28. The number of fused-ring (bicyclic) bond motifs is 1. The Labute approximate surface area is 185 Å². The van der Waals surface area contributed by atoms with Gasteiger partial charge < -0.3 is 10.0 Å². The lowest BCUT2D eigenvalue weighted by Crippen LogP contribution is -2.38. The van der Waals surface area contributed by atoms with E-state index >= 15 is 0 Å². The van der Waals surface area contributed by atoms with E-state index in [1.165, 1.54) is 0 Å². The number of aromatic nitrogens is 1. The van der Waals surface area contributed by atoms with E-state index in [2.05, 4.69) is 6.07 Å². The topological polar surface area (TPSA) is 70.5 Å². The van der Waals surface area contributed by atoms with Crippen LogP contribution in [0.5, 0.6) is 0 Å². The second-order valence-electron chi connectivity index (χ2n) is 8.73. The number of amides is 1. The Morgan fingerprint density at radius 1 is 1.00 bits per heavy atom. The summed E-state index contributed by atoms with van der Waals surface area (Å²) in [4.78, 5) is 32.2. The molecule has 31 heavy (non-hydrogen) atoms. The molecule has 0 spiro atoms. The maximum atomic E-state index is 13.1. The van der Waals surface area contributed by atoms with Gasteiger partial charge in [0.05, 0.1) is 10.2 Å². The second kappa shape index (κ2) is 8.17. The number of thiazole rings is 1. The highest BCUT2D eigenvalue weighted by Gasteiger charge is 2.50. The van der Waals surface area contributed by atoms with Crippen LogP contribution in [-0.2, 0) is 4.79 Å². The third-order valence-corrected chi connectivity index (χ3v) is 7.58. The first-order valence-corrected chi connectivity index (χ1v) is 11.9. The van der Waals surface area contributed by atoms with Gasteiger partial charge in [-0.25, -0.2) is 4.98 Å². The molecule has 5 rings (SSSR count). The van der Waals surface area contributed by atoms with E-state index in [-0.39, 0.29) is 17.6 Å². The van der Waals surface area contributed by atoms with Crippen LogP contribution in [0.1, 0.15) is 48.9 Å². The number of para-hydroxylation sites is 1. The summed E-state index contributed by atoms with van der Waals surface area (Å²) >= 11 is 1.65. The standard InChI is InChI=1S/C25H26N2O3S/c28-22(25(30)13-14-25)17-5-3-4-15-27(16-12-17)24(29)19-10-8-18(9-11-19)23-26-20-6-1-2-7-21(20)31-23/h1-2,6-11,17,30H,3-5,12-16H2. The predicted octanol–water partition coefficient (Wildman–Crippen LogP) is 4.69. The molecular formula is C25H26N2O3S. The Hall–Kier alpha value is -2.57. The highest BCUT2D eigenvalue weighted by molar-refractivity contribution is 7.21. The van der Waals surface area contributed by atoms with Crippen LogP contribution in [0.2, 0.25) is 0 Å². The molecule has 160 valence electrons. The fourth-order valence-corrected chi connectivity index (χ4v) is 5.38. The van der Waals surface area contributed by atoms with Crippen LogP contribution in [0.15, 0.2) is 48.5 Å². The zero-order valence-corrected chi connectivity index (χ0v) is 18.2. The molecular weight excluding hydrogens is 408 g/mol. The third-order valence-electron chi connectivity index (χ3n) is 6.49. The molecule has 1 saturated carbocycles. The van der Waals surface area contributed by atoms with Crippen molar-refractivity contribution >= 4 is 33.2 Å². The number of rotatable bonds is 4. The van der Waals surface area contributed by atoms with Crippen LogP contribution >= 0.6 is 11.3 Å². The van der Waals surface area contributed by atoms with E-state index in [1.54, 1.807) is 11.3 Å². The van der Waals surface area contributed by atoms with Crippen molar-refractivity contribution < 1.29 is 14.7 Å². The van der Waals surface area contributed by atoms with Gasteiger partial charge in [-0.05, 0) is 56.4 Å². The fraction of sp³-hybridized carbons (Fsp3) is 0.400. The number of carbonyl (C=O) groups is 2. The van der Waals surface area contributed by atoms with Crippen LogP contribution in [0, 0.1) is 5.92 Å². The van der Waals surface area contributed by atoms with Crippen molar-refractivity contribution in [2.75, 3.05) is 13.1 Å². The largest absolute Gasteiger partial charge is 0.382 e. The van der Waals surface area contributed by atoms with Gasteiger partial charge in [0.1, 0.15) is 10.6 Å². The molecule has 1 amide bonds. The molecule has 6 heteroatoms. The zero-order valence-electron chi connectivity index (χ0n) is 17.4. The molecule has 2 aliphatic rings. The Bertz CT molecular complexity index is 1080. The molecule has 1 saturated heterocycles. The van der Waals surface area contributed by atoms with E-state index in [9.17, 15) is 14.7 Å². The number of aliphatic hydroxyl groups is 1. The lowest BCUT2D eigenvalue weighted by Gasteiger charge is -2.29. The van der Waals surface area contributed by atoms with E-state index in [0.29, 0.717) is 37.9 Å². The zero-order chi connectivity index (χ0) is 21.4. The molecule has 1 N–H and O–H groups in total. The average Bonchev–Trinajstić information content (AvgIpc) is 3.37. The van der Waals surface area contributed by atoms with Gasteiger partial charge in [-0.3, -0.25) is 9.59 Å². The molecule has 0 bridgehead atoms. The van der Waals surface area contributed by atoms with Crippen LogP contribution in [0.4, 0.5) is 0 Å². The fourth-order valence-electron chi connectivity index (χ4n) is 4.40. The quantitative estimate of drug-likeness (QED) is 0.647. The molecule has 2 heterocycles. The van der Waals surface area contributed by atoms with Crippen molar-refractivity contribution in [2.45, 2.75) is 44.1 Å². The highest BCUT2D eigenvalue weighted by Crippen LogP contribution is 2.40. The number of benzene rings is 2. The minimum atomic E-state index is -1.07. The monoisotopic (exact) mass is 434 g/mol. The third kappa shape index (κ3) is 4.14. The number of ketones is 1. The second-order valence-corrected chi connectivity index (χ2v) is 9.76. The molecule has 1 aliphatic carbocycles. The van der Waals surface area contributed by atoms with Gasteiger partial charge in [0.15, 0.2) is 5.78 Å². The average molecular weight is 435 g/mol. The van der Waals surface area contributed by atoms with Crippen molar-refractivity contribution in [1.29, 1.82) is 0 Å². The number of carbonyl (C=O) groups excluding carboxylic acids is 2. The van der Waals surface area contributed by atoms with Crippen LogP contribution < -0.4 is 0 Å². The minimum Gasteiger partial charge on any atom is -0.382 e. The van der Waals surface area contributed by atoms with E-state index < -0.39 is 5.60 Å². The van der Waals surface area contributed by atoms with Gasteiger partial charge in [-0.1, -0.05) is 30.7 Å². The van der Waals surface area contributed by atoms with E-state index in [0.717, 1.165) is 40.1 Å². The number of likely N-dealkylation sites (tertiary alicyclic amines) is 1. The first-order chi connectivity index (χ1) is 15.0. The van der Waals surface area contributed by atoms with Gasteiger partial charge in [0.25, 0.3) is 5.91 Å². The van der Waals surface area contributed by atoms with Crippen molar-refractivity contribution in [3.63, 3.8) is 0 Å². The minimum absolute atomic E-state index is 0.00841. The highest BCUT2D eigenvalue weighted by atomic mass is 32.1. The first kappa shape index (κ1) is 20.3. The number of Topliss-reactive ketones (excluding diaryl/α,β-unsaturated/α-hetero) is 1. The lowest BCUT2D eigenvalue weighted by atomic mass is 9.88. The number of nitrogens with zero attached hydrogens (tertiary/aromatic N) is 2. The normalized spacial score (nSPS) is 20.8. The van der Waals surface area contributed by atoms with Gasteiger partial charge in [0, 0.05) is 30.1 Å². The summed E-state index contributed by atoms with van der Waals surface area (Å²) in [5.74, 6) is -0.138. The Kier molecular flexibility index (Phi) is 5.36. The summed E-state index contributed by atoms with van der Waals surface area (Å²) in [6, 6.07) is 15.7. The SMILES string of the molecule is O=C(c1ccc(-c2nc3ccccc3s2)cc1)N1CCCCC(C(=O)C2(O)CC2)CC1. The van der Waals surface area contributed by atoms with E-state index in [1.807, 2.05) is 47.4 Å². The Morgan fingerprint density at radius 3 is 2.52 bits per heavy atom. The molecule has 2 aromatic carbocycles. The summed E-state index contributed by atoms with van der Waals surface area (Å²) in [5.41, 5.74) is 1.58. The summed E-state index contributed by atoms with van der Waals surface area (Å²) in [6.07, 6.45) is 4.43. The molecule has 1 unspecified atom stereocenters. The van der Waals surface area contributed by atoms with Crippen LogP contribution in [0.3, 0.4) is 0 Å². The maximum Gasteiger partial charge on any atom is 0.253 e. The van der Waals surface area contributed by atoms with Crippen molar-refractivity contribution in [2.24, 2.45) is 5.92 Å². The molecule has 0 radical (unpaired) electrons. The maximum absolute atomic E-state index is 13.1. The Morgan fingerprint density at radius 2 is 1.77 bits per heavy atom. The number of hydrogen-bond acceptors (Lipinski definition) is 5. The summed E-state index contributed by atoms with van der Waals surface area (Å²) < 4.78 is 1.15. The summed E-state index contributed by atoms with van der Waals surface area (Å²) in [6.45, 7) is 1.27. The van der Waals surface area contributed by atoms with Crippen LogP contribution in [0.25, 0.3) is 20.8 Å². The van der Waals surface area contributed by atoms with E-state index in [4.69, 9.17) is 4.98 Å². The van der Waals surface area contributed by atoms with Gasteiger partial charge >= 0.3 is 0 Å². The van der Waals surface area contributed by atoms with Crippen molar-refractivity contribution in [3.05, 3.63) is 54.1 Å². The molecule has 1 atom stereocenters. The number of hydrogen-bond donors (Lipinski definition) is 1. The van der Waals surface area contributed by atoms with Crippen LogP contribution in [-0.4, -0.2) is 45.4 Å². The van der Waals surface area contributed by atoms with Crippen molar-refractivity contribution in [3.8, 4) is 10.6 Å². The molecule has 1 aliphatic heterocycles. The molecule has 3 aromatic rings. The summed E-state index contributed by atoms with van der Waals surface area (Å²) in [7, 11) is 0. The van der Waals surface area contributed by atoms with Crippen molar-refractivity contribution in [1.82, 2.24) is 9.88 Å². The molecule has 2 fully saturated rings. The van der Waals surface area contributed by atoms with Gasteiger partial charge in [0.2, 0.25) is 0 Å². The van der Waals surface area contributed by atoms with Gasteiger partial charge in [-0.15, -0.1) is 11.3 Å². The van der Waals surface area contributed by atoms with Gasteiger partial charge in [-0.2, -0.15) is 0 Å². The predicted molar refractivity (Wildman–Crippen MR) is 122 cm³/mol. The lowest BCUT2D eigenvalue weighted by molar-refractivity contribution is -0.134.